The van der Waals surface area contributed by atoms with Crippen LogP contribution in [0.1, 0.15) is 45.6 Å². The van der Waals surface area contributed by atoms with Gasteiger partial charge < -0.3 is 5.11 Å². The van der Waals surface area contributed by atoms with E-state index in [9.17, 15) is 15.2 Å². The molecule has 3 atom stereocenters. The Bertz CT molecular complexity index is 723. The maximum Gasteiger partial charge on any atom is 0.178 e. The topological polar surface area (TPSA) is 74.0 Å². The maximum absolute atomic E-state index is 12.5. The van der Waals surface area contributed by atoms with E-state index in [0.717, 1.165) is 12.0 Å². The van der Waals surface area contributed by atoms with E-state index in [0.29, 0.717) is 12.8 Å². The summed E-state index contributed by atoms with van der Waals surface area (Å²) in [7, 11) is 0. The van der Waals surface area contributed by atoms with Crippen LogP contribution in [0.5, 0.6) is 0 Å². The highest BCUT2D eigenvalue weighted by atomic mass is 35.5. The lowest BCUT2D eigenvalue weighted by Crippen LogP contribution is -2.52. The Kier molecular flexibility index (Phi) is 4.65. The number of aliphatic hydroxyl groups is 1. The molecule has 1 aromatic heterocycles. The fraction of sp³-hybridized carbons (Fsp3) is 0.526. The summed E-state index contributed by atoms with van der Waals surface area (Å²) in [6, 6.07) is 5.77. The molecular formula is C19H23ClN2O2. The molecule has 0 spiro atoms. The Balaban J connectivity index is 0.00000208. The number of hydrogen-bond donors (Lipinski definition) is 1. The summed E-state index contributed by atoms with van der Waals surface area (Å²) in [5.74, 6) is 0.0471. The maximum atomic E-state index is 12.5. The van der Waals surface area contributed by atoms with Crippen molar-refractivity contribution in [2.75, 3.05) is 0 Å². The molecule has 1 aromatic rings. The lowest BCUT2D eigenvalue weighted by molar-refractivity contribution is -0.138. The van der Waals surface area contributed by atoms with Crippen LogP contribution in [0.3, 0.4) is 0 Å². The Morgan fingerprint density at radius 3 is 2.67 bits per heavy atom. The lowest BCUT2D eigenvalue weighted by atomic mass is 9.50. The van der Waals surface area contributed by atoms with Crippen LogP contribution >= 0.6 is 12.4 Å². The molecule has 1 fully saturated rings. The van der Waals surface area contributed by atoms with Crippen LogP contribution in [0, 0.1) is 28.1 Å². The number of fused-ring (bicyclic) bond motifs is 1. The van der Waals surface area contributed by atoms with Crippen LogP contribution in [-0.4, -0.2) is 15.9 Å². The van der Waals surface area contributed by atoms with Crippen molar-refractivity contribution >= 4 is 18.2 Å². The van der Waals surface area contributed by atoms with Gasteiger partial charge in [-0.25, -0.2) is 0 Å². The summed E-state index contributed by atoms with van der Waals surface area (Å²) in [5, 5.41) is 20.5. The predicted molar refractivity (Wildman–Crippen MR) is 93.3 cm³/mol. The molecule has 1 N–H and O–H groups in total. The van der Waals surface area contributed by atoms with Crippen LogP contribution < -0.4 is 0 Å². The Hall–Kier alpha value is -1.70. The van der Waals surface area contributed by atoms with Crippen LogP contribution in [0.15, 0.2) is 36.2 Å². The number of aromatic nitrogens is 1. The molecule has 0 amide bonds. The van der Waals surface area contributed by atoms with Crippen molar-refractivity contribution in [3.8, 4) is 6.07 Å². The molecule has 0 radical (unpaired) electrons. The number of carbonyl (C=O) groups is 1. The zero-order valence-corrected chi connectivity index (χ0v) is 15.1. The number of nitriles is 1. The largest absolute Gasteiger partial charge is 0.385 e. The monoisotopic (exact) mass is 346 g/mol. The molecule has 0 bridgehead atoms. The van der Waals surface area contributed by atoms with Gasteiger partial charge in [0.1, 0.15) is 6.07 Å². The lowest BCUT2D eigenvalue weighted by Gasteiger charge is -2.54. The van der Waals surface area contributed by atoms with Gasteiger partial charge in [0.05, 0.1) is 11.2 Å². The minimum atomic E-state index is -0.965. The van der Waals surface area contributed by atoms with E-state index in [1.807, 2.05) is 26.0 Å². The van der Waals surface area contributed by atoms with E-state index in [2.05, 4.69) is 18.0 Å². The highest BCUT2D eigenvalue weighted by Gasteiger charge is 2.56. The number of carbonyl (C=O) groups excluding carboxylic acids is 1. The van der Waals surface area contributed by atoms with E-state index in [1.165, 1.54) is 0 Å². The molecule has 0 aliphatic heterocycles. The number of ketones is 1. The van der Waals surface area contributed by atoms with E-state index < -0.39 is 11.0 Å². The quantitative estimate of drug-likeness (QED) is 0.843. The molecule has 0 aromatic carbocycles. The molecule has 2 aliphatic rings. The first-order chi connectivity index (χ1) is 10.7. The average Bonchev–Trinajstić information content (AvgIpc) is 2.51. The first kappa shape index (κ1) is 18.6. The molecule has 1 heterocycles. The van der Waals surface area contributed by atoms with Crippen LogP contribution in [0.2, 0.25) is 0 Å². The van der Waals surface area contributed by atoms with Gasteiger partial charge in [-0.15, -0.1) is 12.4 Å². The van der Waals surface area contributed by atoms with Crippen molar-refractivity contribution in [3.63, 3.8) is 0 Å². The Labute approximate surface area is 149 Å². The number of pyridine rings is 1. The summed E-state index contributed by atoms with van der Waals surface area (Å²) in [6.07, 6.45) is 7.04. The van der Waals surface area contributed by atoms with Gasteiger partial charge in [0.15, 0.2) is 5.78 Å². The molecule has 2 aliphatic carbocycles. The van der Waals surface area contributed by atoms with Crippen molar-refractivity contribution in [1.29, 1.82) is 5.26 Å². The number of hydrogen-bond acceptors (Lipinski definition) is 4. The molecule has 1 saturated carbocycles. The fourth-order valence-corrected chi connectivity index (χ4v) is 4.76. The van der Waals surface area contributed by atoms with Gasteiger partial charge in [-0.2, -0.15) is 5.26 Å². The number of nitrogens with zero attached hydrogens (tertiary/aromatic N) is 2. The van der Waals surface area contributed by atoms with Crippen molar-refractivity contribution in [2.24, 2.45) is 16.7 Å². The average molecular weight is 347 g/mol. The van der Waals surface area contributed by atoms with Crippen molar-refractivity contribution in [2.45, 2.75) is 45.6 Å². The highest BCUT2D eigenvalue weighted by Crippen LogP contribution is 2.59. The molecule has 4 nitrogen and oxygen atoms in total. The molecule has 0 saturated heterocycles. The minimum absolute atomic E-state index is 0. The first-order valence-corrected chi connectivity index (χ1v) is 8.04. The van der Waals surface area contributed by atoms with Gasteiger partial charge in [0.2, 0.25) is 0 Å². The van der Waals surface area contributed by atoms with Gasteiger partial charge in [-0.1, -0.05) is 32.9 Å². The predicted octanol–water partition coefficient (Wildman–Crippen LogP) is 3.56. The fourth-order valence-electron chi connectivity index (χ4n) is 4.76. The van der Waals surface area contributed by atoms with Crippen LogP contribution in [-0.2, 0) is 10.4 Å². The number of rotatable bonds is 1. The zero-order chi connectivity index (χ0) is 16.9. The highest BCUT2D eigenvalue weighted by molar-refractivity contribution is 6.04. The summed E-state index contributed by atoms with van der Waals surface area (Å²) in [6.45, 7) is 5.91. The van der Waals surface area contributed by atoms with Crippen molar-refractivity contribution in [1.82, 2.24) is 4.98 Å². The van der Waals surface area contributed by atoms with Crippen molar-refractivity contribution in [3.05, 3.63) is 41.7 Å². The standard InChI is InChI=1S/C19H22N2O2.ClH/c1-17(2)15-6-7-19(23,14-5-4-8-21-11-14)12-18(15,3)9-13(10-20)16(17)22;/h4-5,8-9,11,15,23H,6-7,12H2,1-3H3;1H/t15-,18-,19-;/m1./s1. The summed E-state index contributed by atoms with van der Waals surface area (Å²) < 4.78 is 0. The zero-order valence-electron chi connectivity index (χ0n) is 14.2. The third-order valence-corrected chi connectivity index (χ3v) is 5.81. The van der Waals surface area contributed by atoms with Gasteiger partial charge in [0, 0.05) is 23.4 Å². The molecular weight excluding hydrogens is 324 g/mol. The minimum Gasteiger partial charge on any atom is -0.385 e. The number of Topliss-reactive ketones (excluding diaryl/α,β-unsaturated/α-hetero) is 1. The smallest absolute Gasteiger partial charge is 0.178 e. The van der Waals surface area contributed by atoms with E-state index in [-0.39, 0.29) is 35.1 Å². The van der Waals surface area contributed by atoms with E-state index in [1.54, 1.807) is 18.5 Å². The van der Waals surface area contributed by atoms with Gasteiger partial charge in [0.25, 0.3) is 0 Å². The summed E-state index contributed by atoms with van der Waals surface area (Å²) >= 11 is 0. The Morgan fingerprint density at radius 2 is 2.08 bits per heavy atom. The third kappa shape index (κ3) is 2.66. The normalized spacial score (nSPS) is 34.4. The SMILES string of the molecule is CC1(C)C(=O)C(C#N)=C[C@]2(C)C[C@@](O)(c3cccnc3)CC[C@H]12.Cl. The summed E-state index contributed by atoms with van der Waals surface area (Å²) in [5.41, 5.74) is -0.895. The van der Waals surface area contributed by atoms with E-state index in [4.69, 9.17) is 0 Å². The molecule has 3 rings (SSSR count). The molecule has 0 unspecified atom stereocenters. The van der Waals surface area contributed by atoms with Gasteiger partial charge in [-0.05, 0) is 36.7 Å². The van der Waals surface area contributed by atoms with Crippen molar-refractivity contribution < 1.29 is 9.90 Å². The molecule has 128 valence electrons. The second kappa shape index (κ2) is 5.98. The first-order valence-electron chi connectivity index (χ1n) is 8.04. The van der Waals surface area contributed by atoms with Gasteiger partial charge >= 0.3 is 0 Å². The third-order valence-electron chi connectivity index (χ3n) is 5.81. The molecule has 24 heavy (non-hydrogen) atoms. The number of halogens is 1. The second-order valence-corrected chi connectivity index (χ2v) is 7.77. The van der Waals surface area contributed by atoms with E-state index >= 15 is 0 Å². The van der Waals surface area contributed by atoms with Crippen LogP contribution in [0.4, 0.5) is 0 Å². The molecule has 5 heteroatoms. The number of allylic oxidation sites excluding steroid dienone is 2. The van der Waals surface area contributed by atoms with Gasteiger partial charge in [-0.3, -0.25) is 9.78 Å². The summed E-state index contributed by atoms with van der Waals surface area (Å²) in [4.78, 5) is 16.7. The van der Waals surface area contributed by atoms with Crippen LogP contribution in [0.25, 0.3) is 0 Å². The Morgan fingerprint density at radius 1 is 1.38 bits per heavy atom. The second-order valence-electron chi connectivity index (χ2n) is 7.77.